The van der Waals surface area contributed by atoms with E-state index in [9.17, 15) is 4.79 Å². The van der Waals surface area contributed by atoms with Crippen molar-refractivity contribution in [2.75, 3.05) is 11.9 Å². The van der Waals surface area contributed by atoms with Crippen LogP contribution in [0.1, 0.15) is 53.4 Å². The number of benzene rings is 2. The molecule has 0 unspecified atom stereocenters. The Balaban J connectivity index is 1.50. The molecule has 0 aliphatic carbocycles. The van der Waals surface area contributed by atoms with Gasteiger partial charge in [0.25, 0.3) is 5.91 Å². The molecule has 1 heterocycles. The highest BCUT2D eigenvalue weighted by Crippen LogP contribution is 2.23. The lowest BCUT2D eigenvalue weighted by atomic mass is 10.1. The molecule has 0 aliphatic heterocycles. The number of anilines is 1. The summed E-state index contributed by atoms with van der Waals surface area (Å²) in [5, 5.41) is 4.17. The molecule has 1 aromatic heterocycles. The van der Waals surface area contributed by atoms with Crippen molar-refractivity contribution in [3.8, 4) is 5.75 Å². The average Bonchev–Trinajstić information content (AvgIpc) is 3.15. The van der Waals surface area contributed by atoms with Gasteiger partial charge in [0, 0.05) is 28.1 Å². The number of unbranched alkanes of at least 4 members (excludes halogenated alkanes) is 3. The van der Waals surface area contributed by atoms with E-state index in [1.165, 1.54) is 30.6 Å². The molecule has 3 aromatic rings. The normalized spacial score (nSPS) is 10.7. The molecule has 152 valence electrons. The van der Waals surface area contributed by atoms with Crippen molar-refractivity contribution < 1.29 is 9.53 Å². The van der Waals surface area contributed by atoms with Crippen LogP contribution in [0.5, 0.6) is 5.75 Å². The summed E-state index contributed by atoms with van der Waals surface area (Å²) in [6, 6.07) is 15.0. The summed E-state index contributed by atoms with van der Waals surface area (Å²) < 4.78 is 5.72. The molecular formula is C23H25ClN2O2S. The predicted molar refractivity (Wildman–Crippen MR) is 120 cm³/mol. The zero-order valence-electron chi connectivity index (χ0n) is 16.5. The Hall–Kier alpha value is -2.37. The monoisotopic (exact) mass is 428 g/mol. The zero-order valence-corrected chi connectivity index (χ0v) is 18.1. The van der Waals surface area contributed by atoms with Gasteiger partial charge < -0.3 is 4.74 Å². The standard InChI is InChI=1S/C23H25ClN2O2S/c1-2-3-4-5-13-28-20-11-9-18(10-12-20)22(27)26-23-25-16-21(29-23)15-17-7-6-8-19(24)14-17/h6-12,14,16H,2-5,13,15H2,1H3,(H,25,26,27). The van der Waals surface area contributed by atoms with Gasteiger partial charge >= 0.3 is 0 Å². The third-order valence-corrected chi connectivity index (χ3v) is 5.57. The predicted octanol–water partition coefficient (Wildman–Crippen LogP) is 6.60. The van der Waals surface area contributed by atoms with Crippen molar-refractivity contribution in [1.82, 2.24) is 4.98 Å². The van der Waals surface area contributed by atoms with Crippen LogP contribution in [0.2, 0.25) is 5.02 Å². The Morgan fingerprint density at radius 2 is 1.97 bits per heavy atom. The number of nitrogens with one attached hydrogen (secondary N) is 1. The second-order valence-corrected chi connectivity index (χ2v) is 8.38. The molecule has 0 bridgehead atoms. The van der Waals surface area contributed by atoms with E-state index in [0.29, 0.717) is 22.3 Å². The summed E-state index contributed by atoms with van der Waals surface area (Å²) in [5.74, 6) is 0.610. The van der Waals surface area contributed by atoms with Crippen LogP contribution in [-0.2, 0) is 6.42 Å². The van der Waals surface area contributed by atoms with Crippen molar-refractivity contribution in [1.29, 1.82) is 0 Å². The van der Waals surface area contributed by atoms with Crippen LogP contribution in [0.25, 0.3) is 0 Å². The fourth-order valence-corrected chi connectivity index (χ4v) is 3.94. The van der Waals surface area contributed by atoms with Gasteiger partial charge in [0.2, 0.25) is 0 Å². The molecule has 0 saturated heterocycles. The Labute approximate surface area is 180 Å². The molecule has 2 aromatic carbocycles. The van der Waals surface area contributed by atoms with E-state index in [1.54, 1.807) is 18.3 Å². The Kier molecular flexibility index (Phi) is 8.08. The number of halogens is 1. The Morgan fingerprint density at radius 1 is 1.14 bits per heavy atom. The van der Waals surface area contributed by atoms with Gasteiger partial charge in [0.1, 0.15) is 5.75 Å². The number of nitrogens with zero attached hydrogens (tertiary/aromatic N) is 1. The van der Waals surface area contributed by atoms with Crippen molar-refractivity contribution in [2.45, 2.75) is 39.0 Å². The molecule has 0 atom stereocenters. The third-order valence-electron chi connectivity index (χ3n) is 4.42. The molecule has 0 spiro atoms. The largest absolute Gasteiger partial charge is 0.494 e. The van der Waals surface area contributed by atoms with Crippen molar-refractivity contribution in [3.05, 3.63) is 75.8 Å². The molecule has 1 amide bonds. The smallest absolute Gasteiger partial charge is 0.257 e. The summed E-state index contributed by atoms with van der Waals surface area (Å²) in [4.78, 5) is 17.8. The van der Waals surface area contributed by atoms with Gasteiger partial charge in [-0.15, -0.1) is 11.3 Å². The first kappa shape index (κ1) is 21.3. The number of thiazole rings is 1. The average molecular weight is 429 g/mol. The zero-order chi connectivity index (χ0) is 20.5. The van der Waals surface area contributed by atoms with Crippen LogP contribution >= 0.6 is 22.9 Å². The summed E-state index contributed by atoms with van der Waals surface area (Å²) in [6.07, 6.45) is 7.21. The molecule has 0 saturated carbocycles. The molecule has 1 N–H and O–H groups in total. The molecule has 0 aliphatic rings. The first-order valence-electron chi connectivity index (χ1n) is 9.87. The highest BCUT2D eigenvalue weighted by molar-refractivity contribution is 7.15. The summed E-state index contributed by atoms with van der Waals surface area (Å²) in [5.41, 5.74) is 1.69. The van der Waals surface area contributed by atoms with Crippen LogP contribution in [-0.4, -0.2) is 17.5 Å². The highest BCUT2D eigenvalue weighted by Gasteiger charge is 2.10. The molecule has 6 heteroatoms. The van der Waals surface area contributed by atoms with E-state index >= 15 is 0 Å². The number of hydrogen-bond donors (Lipinski definition) is 1. The maximum Gasteiger partial charge on any atom is 0.257 e. The van der Waals surface area contributed by atoms with E-state index in [4.69, 9.17) is 16.3 Å². The molecule has 4 nitrogen and oxygen atoms in total. The van der Waals surface area contributed by atoms with E-state index in [-0.39, 0.29) is 5.91 Å². The Bertz CT molecular complexity index is 925. The summed E-state index contributed by atoms with van der Waals surface area (Å²) in [6.45, 7) is 2.90. The maximum atomic E-state index is 12.5. The fourth-order valence-electron chi connectivity index (χ4n) is 2.89. The summed E-state index contributed by atoms with van der Waals surface area (Å²) in [7, 11) is 0. The topological polar surface area (TPSA) is 51.2 Å². The lowest BCUT2D eigenvalue weighted by Crippen LogP contribution is -2.11. The van der Waals surface area contributed by atoms with E-state index < -0.39 is 0 Å². The number of carbonyl (C=O) groups excluding carboxylic acids is 1. The second-order valence-electron chi connectivity index (χ2n) is 6.83. The van der Waals surface area contributed by atoms with Gasteiger partial charge in [-0.2, -0.15) is 0 Å². The van der Waals surface area contributed by atoms with Gasteiger partial charge in [-0.3, -0.25) is 10.1 Å². The first-order chi connectivity index (χ1) is 14.1. The number of amides is 1. The Morgan fingerprint density at radius 3 is 2.72 bits per heavy atom. The lowest BCUT2D eigenvalue weighted by molar-refractivity contribution is 0.102. The van der Waals surface area contributed by atoms with Crippen LogP contribution in [0.15, 0.2) is 54.7 Å². The second kappa shape index (κ2) is 11.0. The number of hydrogen-bond acceptors (Lipinski definition) is 4. The van der Waals surface area contributed by atoms with Gasteiger partial charge in [0.15, 0.2) is 5.13 Å². The lowest BCUT2D eigenvalue weighted by Gasteiger charge is -2.07. The van der Waals surface area contributed by atoms with Crippen LogP contribution in [0.4, 0.5) is 5.13 Å². The molecule has 29 heavy (non-hydrogen) atoms. The van der Waals surface area contributed by atoms with Gasteiger partial charge in [-0.05, 0) is 48.4 Å². The summed E-state index contributed by atoms with van der Waals surface area (Å²) >= 11 is 7.50. The molecule has 0 radical (unpaired) electrons. The van der Waals surface area contributed by atoms with Gasteiger partial charge in [-0.1, -0.05) is 49.9 Å². The SMILES string of the molecule is CCCCCCOc1ccc(C(=O)Nc2ncc(Cc3cccc(Cl)c3)s2)cc1. The molecule has 0 fully saturated rings. The van der Waals surface area contributed by atoms with E-state index in [2.05, 4.69) is 17.2 Å². The molecular weight excluding hydrogens is 404 g/mol. The number of rotatable bonds is 10. The van der Waals surface area contributed by atoms with Crippen molar-refractivity contribution in [3.63, 3.8) is 0 Å². The highest BCUT2D eigenvalue weighted by atomic mass is 35.5. The van der Waals surface area contributed by atoms with E-state index in [0.717, 1.165) is 29.0 Å². The maximum absolute atomic E-state index is 12.5. The third kappa shape index (κ3) is 6.87. The minimum atomic E-state index is -0.178. The van der Waals surface area contributed by atoms with Crippen LogP contribution in [0, 0.1) is 0 Å². The van der Waals surface area contributed by atoms with E-state index in [1.807, 2.05) is 36.4 Å². The number of carbonyl (C=O) groups is 1. The van der Waals surface area contributed by atoms with Crippen LogP contribution < -0.4 is 10.1 Å². The fraction of sp³-hybridized carbons (Fsp3) is 0.304. The van der Waals surface area contributed by atoms with Crippen LogP contribution in [0.3, 0.4) is 0 Å². The first-order valence-corrected chi connectivity index (χ1v) is 11.1. The van der Waals surface area contributed by atoms with Gasteiger partial charge in [0.05, 0.1) is 6.61 Å². The van der Waals surface area contributed by atoms with Crippen molar-refractivity contribution in [2.24, 2.45) is 0 Å². The van der Waals surface area contributed by atoms with Crippen molar-refractivity contribution >= 4 is 34.0 Å². The molecule has 3 rings (SSSR count). The van der Waals surface area contributed by atoms with Gasteiger partial charge in [-0.25, -0.2) is 4.98 Å². The number of ether oxygens (including phenoxy) is 1. The minimum absolute atomic E-state index is 0.178. The quantitative estimate of drug-likeness (QED) is 0.370. The minimum Gasteiger partial charge on any atom is -0.494 e. The number of aromatic nitrogens is 1.